The Labute approximate surface area is 117 Å². The van der Waals surface area contributed by atoms with E-state index in [0.717, 1.165) is 11.4 Å². The van der Waals surface area contributed by atoms with Gasteiger partial charge in [0.15, 0.2) is 0 Å². The summed E-state index contributed by atoms with van der Waals surface area (Å²) in [6.07, 6.45) is 2.70. The summed E-state index contributed by atoms with van der Waals surface area (Å²) in [6, 6.07) is 10.7. The van der Waals surface area contributed by atoms with Crippen molar-refractivity contribution in [3.63, 3.8) is 0 Å². The van der Waals surface area contributed by atoms with Gasteiger partial charge in [-0.2, -0.15) is 0 Å². The maximum absolute atomic E-state index is 11.7. The van der Waals surface area contributed by atoms with E-state index in [9.17, 15) is 4.79 Å². The number of benzene rings is 1. The van der Waals surface area contributed by atoms with E-state index >= 15 is 0 Å². The number of nitrogen functional groups attached to an aromatic ring is 1. The van der Waals surface area contributed by atoms with Crippen molar-refractivity contribution in [1.82, 2.24) is 0 Å². The Balaban J connectivity index is 1.59. The number of anilines is 2. The molecule has 3 N–H and O–H groups in total. The number of amides is 1. The van der Waals surface area contributed by atoms with Gasteiger partial charge in [0, 0.05) is 24.4 Å². The third-order valence-corrected chi connectivity index (χ3v) is 2.71. The smallest absolute Gasteiger partial charge is 0.224 e. The van der Waals surface area contributed by atoms with Gasteiger partial charge in [-0.15, -0.1) is 0 Å². The molecule has 2 aromatic rings. The Morgan fingerprint density at radius 3 is 2.75 bits per heavy atom. The fraction of sp³-hybridized carbons (Fsp3) is 0.267. The quantitative estimate of drug-likeness (QED) is 0.601. The summed E-state index contributed by atoms with van der Waals surface area (Å²) in [5.74, 6) is 0.757. The van der Waals surface area contributed by atoms with Crippen LogP contribution in [0, 0.1) is 0 Å². The van der Waals surface area contributed by atoms with Gasteiger partial charge in [0.2, 0.25) is 5.91 Å². The topological polar surface area (TPSA) is 77.5 Å². The largest absolute Gasteiger partial charge is 0.467 e. The van der Waals surface area contributed by atoms with Crippen molar-refractivity contribution in [2.45, 2.75) is 19.4 Å². The van der Waals surface area contributed by atoms with E-state index in [1.165, 1.54) is 0 Å². The lowest BCUT2D eigenvalue weighted by Gasteiger charge is -2.05. The average Bonchev–Trinajstić information content (AvgIpc) is 2.94. The van der Waals surface area contributed by atoms with Crippen LogP contribution in [0.3, 0.4) is 0 Å². The van der Waals surface area contributed by atoms with E-state index in [1.54, 1.807) is 30.5 Å². The molecule has 0 aliphatic carbocycles. The van der Waals surface area contributed by atoms with Crippen LogP contribution in [-0.4, -0.2) is 12.5 Å². The van der Waals surface area contributed by atoms with E-state index < -0.39 is 0 Å². The van der Waals surface area contributed by atoms with Crippen molar-refractivity contribution < 1.29 is 13.9 Å². The zero-order valence-corrected chi connectivity index (χ0v) is 11.2. The number of carbonyl (C=O) groups is 1. The molecule has 1 aromatic heterocycles. The number of ether oxygens (including phenoxy) is 1. The minimum atomic E-state index is -0.0311. The first-order chi connectivity index (χ1) is 9.74. The number of hydrogen-bond acceptors (Lipinski definition) is 4. The number of nitrogens with one attached hydrogen (secondary N) is 1. The van der Waals surface area contributed by atoms with Gasteiger partial charge in [-0.05, 0) is 42.8 Å². The summed E-state index contributed by atoms with van der Waals surface area (Å²) in [5, 5.41) is 2.81. The molecule has 20 heavy (non-hydrogen) atoms. The summed E-state index contributed by atoms with van der Waals surface area (Å²) in [7, 11) is 0. The third-order valence-electron chi connectivity index (χ3n) is 2.71. The third kappa shape index (κ3) is 4.78. The summed E-state index contributed by atoms with van der Waals surface area (Å²) in [4.78, 5) is 11.7. The van der Waals surface area contributed by atoms with E-state index in [4.69, 9.17) is 14.9 Å². The van der Waals surface area contributed by atoms with Crippen LogP contribution >= 0.6 is 0 Å². The molecular formula is C15H18N2O3. The summed E-state index contributed by atoms with van der Waals surface area (Å²) < 4.78 is 10.5. The molecule has 1 aromatic carbocycles. The first-order valence-electron chi connectivity index (χ1n) is 6.49. The van der Waals surface area contributed by atoms with Gasteiger partial charge >= 0.3 is 0 Å². The molecule has 5 nitrogen and oxygen atoms in total. The minimum Gasteiger partial charge on any atom is -0.467 e. The molecule has 2 rings (SSSR count). The van der Waals surface area contributed by atoms with Gasteiger partial charge in [0.05, 0.1) is 6.26 Å². The molecule has 0 aliphatic rings. The highest BCUT2D eigenvalue weighted by Gasteiger charge is 2.02. The lowest BCUT2D eigenvalue weighted by Crippen LogP contribution is -2.12. The van der Waals surface area contributed by atoms with E-state index in [-0.39, 0.29) is 5.91 Å². The van der Waals surface area contributed by atoms with Crippen molar-refractivity contribution in [1.29, 1.82) is 0 Å². The Hall–Kier alpha value is -2.27. The van der Waals surface area contributed by atoms with Crippen molar-refractivity contribution in [2.24, 2.45) is 0 Å². The van der Waals surface area contributed by atoms with Crippen LogP contribution < -0.4 is 11.1 Å². The van der Waals surface area contributed by atoms with Gasteiger partial charge in [0.25, 0.3) is 0 Å². The van der Waals surface area contributed by atoms with Crippen molar-refractivity contribution >= 4 is 17.3 Å². The van der Waals surface area contributed by atoms with Crippen LogP contribution in [-0.2, 0) is 16.1 Å². The second-order valence-electron chi connectivity index (χ2n) is 4.41. The van der Waals surface area contributed by atoms with Crippen molar-refractivity contribution in [3.8, 4) is 0 Å². The van der Waals surface area contributed by atoms with Crippen LogP contribution in [0.15, 0.2) is 47.1 Å². The van der Waals surface area contributed by atoms with Gasteiger partial charge in [-0.25, -0.2) is 0 Å². The maximum Gasteiger partial charge on any atom is 0.224 e. The Kier molecular flexibility index (Phi) is 5.20. The van der Waals surface area contributed by atoms with E-state index in [1.807, 2.05) is 12.1 Å². The normalized spacial score (nSPS) is 10.4. The molecule has 1 amide bonds. The molecule has 0 fully saturated rings. The highest BCUT2D eigenvalue weighted by molar-refractivity contribution is 5.90. The van der Waals surface area contributed by atoms with Crippen molar-refractivity contribution in [3.05, 3.63) is 48.4 Å². The molecule has 0 radical (unpaired) electrons. The monoisotopic (exact) mass is 274 g/mol. The zero-order chi connectivity index (χ0) is 14.2. The van der Waals surface area contributed by atoms with Crippen molar-refractivity contribution in [2.75, 3.05) is 17.7 Å². The second kappa shape index (κ2) is 7.35. The number of furan rings is 1. The molecule has 0 saturated heterocycles. The SMILES string of the molecule is Nc1ccc(NC(=O)CCCOCc2ccco2)cc1. The lowest BCUT2D eigenvalue weighted by molar-refractivity contribution is -0.116. The van der Waals surface area contributed by atoms with Crippen LogP contribution in [0.1, 0.15) is 18.6 Å². The first-order valence-corrected chi connectivity index (χ1v) is 6.49. The minimum absolute atomic E-state index is 0.0311. The Morgan fingerprint density at radius 2 is 2.05 bits per heavy atom. The zero-order valence-electron chi connectivity index (χ0n) is 11.2. The van der Waals surface area contributed by atoms with Gasteiger partial charge in [-0.3, -0.25) is 4.79 Å². The maximum atomic E-state index is 11.7. The summed E-state index contributed by atoms with van der Waals surface area (Å²) in [6.45, 7) is 0.961. The first kappa shape index (κ1) is 14.1. The highest BCUT2D eigenvalue weighted by atomic mass is 16.5. The molecule has 0 atom stereocenters. The molecule has 0 spiro atoms. The van der Waals surface area contributed by atoms with Crippen LogP contribution in [0.4, 0.5) is 11.4 Å². The highest BCUT2D eigenvalue weighted by Crippen LogP contribution is 2.11. The number of hydrogen-bond donors (Lipinski definition) is 2. The standard InChI is InChI=1S/C15H18N2O3/c16-12-5-7-13(8-6-12)17-15(18)4-2-9-19-11-14-3-1-10-20-14/h1,3,5-8,10H,2,4,9,11,16H2,(H,17,18). The molecule has 0 aliphatic heterocycles. The summed E-state index contributed by atoms with van der Waals surface area (Å²) in [5.41, 5.74) is 7.00. The van der Waals surface area contributed by atoms with Crippen LogP contribution in [0.25, 0.3) is 0 Å². The number of rotatable bonds is 7. The molecular weight excluding hydrogens is 256 g/mol. The molecule has 1 heterocycles. The second-order valence-corrected chi connectivity index (χ2v) is 4.41. The Bertz CT molecular complexity index is 521. The lowest BCUT2D eigenvalue weighted by atomic mass is 10.2. The molecule has 5 heteroatoms. The van der Waals surface area contributed by atoms with Crippen LogP contribution in [0.5, 0.6) is 0 Å². The Morgan fingerprint density at radius 1 is 1.25 bits per heavy atom. The predicted molar refractivity (Wildman–Crippen MR) is 77.1 cm³/mol. The molecule has 0 bridgehead atoms. The van der Waals surface area contributed by atoms with Gasteiger partial charge in [-0.1, -0.05) is 0 Å². The molecule has 106 valence electrons. The number of carbonyl (C=O) groups excluding carboxylic acids is 1. The molecule has 0 saturated carbocycles. The summed E-state index contributed by atoms with van der Waals surface area (Å²) >= 11 is 0. The average molecular weight is 274 g/mol. The van der Waals surface area contributed by atoms with E-state index in [0.29, 0.717) is 31.7 Å². The number of nitrogens with two attached hydrogens (primary N) is 1. The van der Waals surface area contributed by atoms with Crippen LogP contribution in [0.2, 0.25) is 0 Å². The van der Waals surface area contributed by atoms with Gasteiger partial charge < -0.3 is 20.2 Å². The predicted octanol–water partition coefficient (Wildman–Crippen LogP) is 2.80. The molecule has 0 unspecified atom stereocenters. The fourth-order valence-electron chi connectivity index (χ4n) is 1.69. The fourth-order valence-corrected chi connectivity index (χ4v) is 1.69. The van der Waals surface area contributed by atoms with E-state index in [2.05, 4.69) is 5.32 Å². The van der Waals surface area contributed by atoms with Gasteiger partial charge in [0.1, 0.15) is 12.4 Å².